The van der Waals surface area contributed by atoms with Crippen LogP contribution in [0.1, 0.15) is 51.9 Å². The van der Waals surface area contributed by atoms with E-state index in [1.807, 2.05) is 0 Å². The Hall–Kier alpha value is -0.570. The average molecular weight is 188 g/mol. The van der Waals surface area contributed by atoms with Crippen LogP contribution in [0.25, 0.3) is 0 Å². The van der Waals surface area contributed by atoms with E-state index in [1.165, 1.54) is 19.3 Å². The molecule has 0 radical (unpaired) electrons. The molecule has 0 aromatic carbocycles. The smallest absolute Gasteiger partial charge is 0.332 e. The average Bonchev–Trinajstić information content (AvgIpc) is 2.10. The van der Waals surface area contributed by atoms with Crippen molar-refractivity contribution in [1.82, 2.24) is 0 Å². The number of carbonyl (C=O) groups is 1. The molecule has 3 nitrogen and oxygen atoms in total. The van der Waals surface area contributed by atoms with E-state index in [9.17, 15) is 4.79 Å². The van der Waals surface area contributed by atoms with Crippen LogP contribution < -0.4 is 0 Å². The topological polar surface area (TPSA) is 57.5 Å². The molecule has 0 aliphatic rings. The van der Waals surface area contributed by atoms with Crippen LogP contribution in [0.2, 0.25) is 0 Å². The lowest BCUT2D eigenvalue weighted by Gasteiger charge is -2.04. The van der Waals surface area contributed by atoms with E-state index >= 15 is 0 Å². The van der Waals surface area contributed by atoms with Gasteiger partial charge in [0.05, 0.1) is 0 Å². The fourth-order valence-electron chi connectivity index (χ4n) is 1.24. The highest BCUT2D eigenvalue weighted by Gasteiger charge is 2.11. The summed E-state index contributed by atoms with van der Waals surface area (Å²) in [5.41, 5.74) is 0. The Morgan fingerprint density at radius 1 is 1.15 bits per heavy atom. The SMILES string of the molecule is CCCCCCCC[C@H](O)C(=O)O. The van der Waals surface area contributed by atoms with Crippen LogP contribution in [0.4, 0.5) is 0 Å². The first-order valence-corrected chi connectivity index (χ1v) is 5.09. The number of hydrogen-bond donors (Lipinski definition) is 2. The molecule has 3 heteroatoms. The zero-order chi connectivity index (χ0) is 10.1. The van der Waals surface area contributed by atoms with Crippen molar-refractivity contribution in [2.75, 3.05) is 0 Å². The lowest BCUT2D eigenvalue weighted by atomic mass is 10.1. The molecule has 2 N–H and O–H groups in total. The summed E-state index contributed by atoms with van der Waals surface area (Å²) in [7, 11) is 0. The Morgan fingerprint density at radius 2 is 1.69 bits per heavy atom. The molecule has 78 valence electrons. The molecule has 0 aliphatic heterocycles. The summed E-state index contributed by atoms with van der Waals surface area (Å²) in [5.74, 6) is -1.10. The predicted molar refractivity (Wildman–Crippen MR) is 51.6 cm³/mol. The third-order valence-corrected chi connectivity index (χ3v) is 2.12. The summed E-state index contributed by atoms with van der Waals surface area (Å²) in [6, 6.07) is 0. The van der Waals surface area contributed by atoms with Gasteiger partial charge in [0, 0.05) is 0 Å². The van der Waals surface area contributed by atoms with Gasteiger partial charge < -0.3 is 10.2 Å². The Labute approximate surface area is 79.8 Å². The van der Waals surface area contributed by atoms with Crippen molar-refractivity contribution in [3.05, 3.63) is 0 Å². The van der Waals surface area contributed by atoms with Crippen molar-refractivity contribution in [1.29, 1.82) is 0 Å². The van der Waals surface area contributed by atoms with Crippen molar-refractivity contribution in [2.45, 2.75) is 58.0 Å². The number of carboxylic acids is 1. The van der Waals surface area contributed by atoms with Crippen LogP contribution >= 0.6 is 0 Å². The zero-order valence-electron chi connectivity index (χ0n) is 8.33. The normalized spacial score (nSPS) is 12.8. The second-order valence-electron chi connectivity index (χ2n) is 3.41. The van der Waals surface area contributed by atoms with E-state index in [-0.39, 0.29) is 0 Å². The molecule has 0 saturated carbocycles. The van der Waals surface area contributed by atoms with Gasteiger partial charge in [0.2, 0.25) is 0 Å². The molecule has 0 amide bonds. The summed E-state index contributed by atoms with van der Waals surface area (Å²) in [4.78, 5) is 10.2. The van der Waals surface area contributed by atoms with E-state index in [2.05, 4.69) is 6.92 Å². The van der Waals surface area contributed by atoms with Gasteiger partial charge in [-0.1, -0.05) is 45.4 Å². The lowest BCUT2D eigenvalue weighted by molar-refractivity contribution is -0.146. The minimum atomic E-state index is -1.16. The summed E-state index contributed by atoms with van der Waals surface area (Å²) < 4.78 is 0. The van der Waals surface area contributed by atoms with E-state index in [0.717, 1.165) is 19.3 Å². The molecule has 0 aliphatic carbocycles. The molecular formula is C10H20O3. The summed E-state index contributed by atoms with van der Waals surface area (Å²) >= 11 is 0. The Kier molecular flexibility index (Phi) is 7.69. The minimum absolute atomic E-state index is 0.390. The molecule has 0 unspecified atom stereocenters. The van der Waals surface area contributed by atoms with Crippen molar-refractivity contribution >= 4 is 5.97 Å². The highest BCUT2D eigenvalue weighted by atomic mass is 16.4. The highest BCUT2D eigenvalue weighted by Crippen LogP contribution is 2.08. The maximum absolute atomic E-state index is 10.2. The number of carboxylic acid groups (broad SMARTS) is 1. The molecule has 13 heavy (non-hydrogen) atoms. The third-order valence-electron chi connectivity index (χ3n) is 2.12. The maximum atomic E-state index is 10.2. The van der Waals surface area contributed by atoms with Crippen molar-refractivity contribution < 1.29 is 15.0 Å². The lowest BCUT2D eigenvalue weighted by Crippen LogP contribution is -2.18. The number of rotatable bonds is 8. The summed E-state index contributed by atoms with van der Waals surface area (Å²) in [6.07, 6.45) is 5.92. The van der Waals surface area contributed by atoms with Crippen LogP contribution in [0.15, 0.2) is 0 Å². The molecule has 0 rings (SSSR count). The van der Waals surface area contributed by atoms with Crippen LogP contribution in [0.3, 0.4) is 0 Å². The van der Waals surface area contributed by atoms with Crippen molar-refractivity contribution in [3.8, 4) is 0 Å². The minimum Gasteiger partial charge on any atom is -0.479 e. The van der Waals surface area contributed by atoms with Crippen LogP contribution in [-0.2, 0) is 4.79 Å². The highest BCUT2D eigenvalue weighted by molar-refractivity contribution is 5.71. The summed E-state index contributed by atoms with van der Waals surface area (Å²) in [6.45, 7) is 2.16. The molecular weight excluding hydrogens is 168 g/mol. The first-order valence-electron chi connectivity index (χ1n) is 5.09. The van der Waals surface area contributed by atoms with Gasteiger partial charge in [0.1, 0.15) is 0 Å². The Bertz CT molecular complexity index is 134. The van der Waals surface area contributed by atoms with Gasteiger partial charge in [-0.2, -0.15) is 0 Å². The number of aliphatic carboxylic acids is 1. The van der Waals surface area contributed by atoms with E-state index in [1.54, 1.807) is 0 Å². The molecule has 0 bridgehead atoms. The maximum Gasteiger partial charge on any atom is 0.332 e. The van der Waals surface area contributed by atoms with Crippen molar-refractivity contribution in [3.63, 3.8) is 0 Å². The third kappa shape index (κ3) is 7.78. The standard InChI is InChI=1S/C10H20O3/c1-2-3-4-5-6-7-8-9(11)10(12)13/h9,11H,2-8H2,1H3,(H,12,13)/t9-/m0/s1. The molecule has 0 aromatic rings. The van der Waals surface area contributed by atoms with E-state index in [4.69, 9.17) is 10.2 Å². The fourth-order valence-corrected chi connectivity index (χ4v) is 1.24. The van der Waals surface area contributed by atoms with E-state index < -0.39 is 12.1 Å². The van der Waals surface area contributed by atoms with Gasteiger partial charge in [-0.15, -0.1) is 0 Å². The fraction of sp³-hybridized carbons (Fsp3) is 0.900. The number of unbranched alkanes of at least 4 members (excludes halogenated alkanes) is 5. The second-order valence-corrected chi connectivity index (χ2v) is 3.41. The van der Waals surface area contributed by atoms with Gasteiger partial charge in [0.25, 0.3) is 0 Å². The Balaban J connectivity index is 3.11. The molecule has 0 heterocycles. The van der Waals surface area contributed by atoms with Crippen LogP contribution in [0.5, 0.6) is 0 Å². The van der Waals surface area contributed by atoms with Crippen molar-refractivity contribution in [2.24, 2.45) is 0 Å². The van der Waals surface area contributed by atoms with Crippen LogP contribution in [-0.4, -0.2) is 22.3 Å². The van der Waals surface area contributed by atoms with Gasteiger partial charge in [-0.25, -0.2) is 4.79 Å². The van der Waals surface area contributed by atoms with Crippen LogP contribution in [0, 0.1) is 0 Å². The second kappa shape index (κ2) is 8.05. The van der Waals surface area contributed by atoms with Gasteiger partial charge >= 0.3 is 5.97 Å². The van der Waals surface area contributed by atoms with E-state index in [0.29, 0.717) is 6.42 Å². The molecule has 0 saturated heterocycles. The molecule has 0 fully saturated rings. The molecule has 0 aromatic heterocycles. The zero-order valence-corrected chi connectivity index (χ0v) is 8.33. The van der Waals surface area contributed by atoms with Gasteiger partial charge in [-0.3, -0.25) is 0 Å². The number of aliphatic hydroxyl groups is 1. The first-order chi connectivity index (χ1) is 6.18. The number of aliphatic hydroxyl groups excluding tert-OH is 1. The van der Waals surface area contributed by atoms with Gasteiger partial charge in [-0.05, 0) is 6.42 Å². The molecule has 1 atom stereocenters. The number of hydrogen-bond acceptors (Lipinski definition) is 2. The summed E-state index contributed by atoms with van der Waals surface area (Å²) in [5, 5.41) is 17.3. The Morgan fingerprint density at radius 3 is 2.23 bits per heavy atom. The van der Waals surface area contributed by atoms with Gasteiger partial charge in [0.15, 0.2) is 6.10 Å². The molecule has 0 spiro atoms. The largest absolute Gasteiger partial charge is 0.479 e. The first kappa shape index (κ1) is 12.4. The quantitative estimate of drug-likeness (QED) is 0.574. The monoisotopic (exact) mass is 188 g/mol. The predicted octanol–water partition coefficient (Wildman–Crippen LogP) is 2.18.